The summed E-state index contributed by atoms with van der Waals surface area (Å²) < 4.78 is 35.2. The van der Waals surface area contributed by atoms with E-state index in [2.05, 4.69) is 26.0 Å². The quantitative estimate of drug-likeness (QED) is 0.866. The van der Waals surface area contributed by atoms with Crippen molar-refractivity contribution in [3.05, 3.63) is 28.2 Å². The van der Waals surface area contributed by atoms with Crippen LogP contribution in [0.25, 0.3) is 0 Å². The average Bonchev–Trinajstić information content (AvgIpc) is 2.85. The van der Waals surface area contributed by atoms with Crippen molar-refractivity contribution in [2.45, 2.75) is 19.6 Å². The Morgan fingerprint density at radius 2 is 2.32 bits per heavy atom. The van der Waals surface area contributed by atoms with E-state index in [4.69, 9.17) is 4.74 Å². The molecule has 1 aromatic rings. The zero-order valence-corrected chi connectivity index (χ0v) is 12.0. The highest BCUT2D eigenvalue weighted by Crippen LogP contribution is 2.24. The average molecular weight is 336 g/mol. The molecule has 1 aliphatic heterocycles. The second-order valence-corrected chi connectivity index (χ2v) is 5.41. The summed E-state index contributed by atoms with van der Waals surface area (Å²) in [5.74, 6) is 0.722. The van der Waals surface area contributed by atoms with Crippen LogP contribution in [0.15, 0.2) is 22.7 Å². The molecule has 0 saturated carbocycles. The molecule has 6 heteroatoms. The Morgan fingerprint density at radius 1 is 1.47 bits per heavy atom. The van der Waals surface area contributed by atoms with Gasteiger partial charge in [-0.3, -0.25) is 0 Å². The maximum absolute atomic E-state index is 12.3. The van der Waals surface area contributed by atoms with Gasteiger partial charge in [0, 0.05) is 29.7 Å². The van der Waals surface area contributed by atoms with Crippen LogP contribution in [0.2, 0.25) is 0 Å². The Labute approximate surface area is 119 Å². The molecule has 1 atom stereocenters. The lowest BCUT2D eigenvalue weighted by molar-refractivity contribution is -0.0505. The second-order valence-electron chi connectivity index (χ2n) is 4.49. The molecule has 0 amide bonds. The summed E-state index contributed by atoms with van der Waals surface area (Å²) in [5.41, 5.74) is 0.716. The van der Waals surface area contributed by atoms with Gasteiger partial charge in [-0.15, -0.1) is 0 Å². The Hall–Kier alpha value is -0.720. The molecule has 0 bridgehead atoms. The zero-order valence-electron chi connectivity index (χ0n) is 10.4. The Bertz CT molecular complexity index is 412. The fourth-order valence-electron chi connectivity index (χ4n) is 2.05. The fraction of sp³-hybridized carbons (Fsp3) is 0.538. The first kappa shape index (κ1) is 14.7. The summed E-state index contributed by atoms with van der Waals surface area (Å²) in [6, 6.07) is 5.02. The fourth-order valence-corrected chi connectivity index (χ4v) is 2.46. The van der Waals surface area contributed by atoms with E-state index in [1.165, 1.54) is 0 Å². The van der Waals surface area contributed by atoms with Crippen molar-refractivity contribution in [3.8, 4) is 5.75 Å². The van der Waals surface area contributed by atoms with E-state index < -0.39 is 6.61 Å². The lowest BCUT2D eigenvalue weighted by Gasteiger charge is -2.13. The van der Waals surface area contributed by atoms with Crippen LogP contribution in [-0.4, -0.2) is 26.4 Å². The Balaban J connectivity index is 1.91. The molecule has 1 aliphatic rings. The van der Waals surface area contributed by atoms with Gasteiger partial charge in [0.2, 0.25) is 0 Å². The van der Waals surface area contributed by atoms with Crippen molar-refractivity contribution in [3.63, 3.8) is 0 Å². The zero-order chi connectivity index (χ0) is 13.7. The highest BCUT2D eigenvalue weighted by Gasteiger charge is 2.15. The summed E-state index contributed by atoms with van der Waals surface area (Å²) in [7, 11) is 0. The van der Waals surface area contributed by atoms with E-state index in [0.29, 0.717) is 18.0 Å². The number of halogens is 3. The van der Waals surface area contributed by atoms with Gasteiger partial charge < -0.3 is 14.8 Å². The predicted octanol–water partition coefficient (Wildman–Crippen LogP) is 3.18. The predicted molar refractivity (Wildman–Crippen MR) is 71.4 cm³/mol. The highest BCUT2D eigenvalue weighted by molar-refractivity contribution is 9.10. The van der Waals surface area contributed by atoms with E-state index >= 15 is 0 Å². The van der Waals surface area contributed by atoms with Gasteiger partial charge in [-0.25, -0.2) is 0 Å². The molecule has 0 aromatic heterocycles. The molecule has 1 saturated heterocycles. The van der Waals surface area contributed by atoms with Gasteiger partial charge in [-0.2, -0.15) is 8.78 Å². The third kappa shape index (κ3) is 4.71. The van der Waals surface area contributed by atoms with Crippen molar-refractivity contribution >= 4 is 15.9 Å². The number of hydrogen-bond donors (Lipinski definition) is 1. The van der Waals surface area contributed by atoms with Gasteiger partial charge in [-0.05, 0) is 30.5 Å². The summed E-state index contributed by atoms with van der Waals surface area (Å²) in [5, 5.41) is 3.26. The Morgan fingerprint density at radius 3 is 3.00 bits per heavy atom. The van der Waals surface area contributed by atoms with Gasteiger partial charge in [-0.1, -0.05) is 15.9 Å². The molecule has 0 aliphatic carbocycles. The molecular formula is C13H16BrF2NO2. The monoisotopic (exact) mass is 335 g/mol. The van der Waals surface area contributed by atoms with Crippen LogP contribution in [-0.2, 0) is 11.3 Å². The van der Waals surface area contributed by atoms with E-state index in [-0.39, 0.29) is 5.75 Å². The highest BCUT2D eigenvalue weighted by atomic mass is 79.9. The molecule has 1 unspecified atom stereocenters. The number of alkyl halides is 2. The van der Waals surface area contributed by atoms with Crippen molar-refractivity contribution in [1.29, 1.82) is 0 Å². The SMILES string of the molecule is FC(F)Oc1ccc(Br)cc1CNCC1CCOC1. The standard InChI is InChI=1S/C13H16BrF2NO2/c14-11-1-2-12(19-13(15)16)10(5-11)7-17-6-9-3-4-18-8-9/h1-2,5,9,13,17H,3-4,6-8H2. The van der Waals surface area contributed by atoms with E-state index in [9.17, 15) is 8.78 Å². The van der Waals surface area contributed by atoms with Gasteiger partial charge >= 0.3 is 6.61 Å². The van der Waals surface area contributed by atoms with Crippen molar-refractivity contribution in [2.75, 3.05) is 19.8 Å². The minimum Gasteiger partial charge on any atom is -0.434 e. The van der Waals surface area contributed by atoms with Crippen LogP contribution >= 0.6 is 15.9 Å². The first-order valence-electron chi connectivity index (χ1n) is 6.17. The van der Waals surface area contributed by atoms with Gasteiger partial charge in [0.15, 0.2) is 0 Å². The first-order chi connectivity index (χ1) is 9.15. The van der Waals surface area contributed by atoms with E-state index in [0.717, 1.165) is 30.7 Å². The molecule has 1 fully saturated rings. The van der Waals surface area contributed by atoms with Crippen molar-refractivity contribution in [1.82, 2.24) is 5.32 Å². The Kier molecular flexibility index (Phi) is 5.54. The number of rotatable bonds is 6. The number of hydrogen-bond acceptors (Lipinski definition) is 3. The minimum atomic E-state index is -2.80. The maximum Gasteiger partial charge on any atom is 0.387 e. The number of ether oxygens (including phenoxy) is 2. The molecule has 1 heterocycles. The summed E-state index contributed by atoms with van der Waals surface area (Å²) in [6.07, 6.45) is 1.05. The van der Waals surface area contributed by atoms with Crippen LogP contribution in [0, 0.1) is 5.92 Å². The molecule has 106 valence electrons. The van der Waals surface area contributed by atoms with Crippen LogP contribution < -0.4 is 10.1 Å². The third-order valence-electron chi connectivity index (χ3n) is 3.01. The summed E-state index contributed by atoms with van der Waals surface area (Å²) in [4.78, 5) is 0. The topological polar surface area (TPSA) is 30.5 Å². The smallest absolute Gasteiger partial charge is 0.387 e. The number of benzene rings is 1. The summed E-state index contributed by atoms with van der Waals surface area (Å²) >= 11 is 3.33. The van der Waals surface area contributed by atoms with Gasteiger partial charge in [0.05, 0.1) is 6.61 Å². The van der Waals surface area contributed by atoms with Gasteiger partial charge in [0.25, 0.3) is 0 Å². The van der Waals surface area contributed by atoms with Crippen molar-refractivity contribution in [2.24, 2.45) is 5.92 Å². The largest absolute Gasteiger partial charge is 0.434 e. The molecule has 0 spiro atoms. The molecule has 19 heavy (non-hydrogen) atoms. The van der Waals surface area contributed by atoms with E-state index in [1.807, 2.05) is 0 Å². The molecule has 0 radical (unpaired) electrons. The lowest BCUT2D eigenvalue weighted by Crippen LogP contribution is -2.23. The number of nitrogens with one attached hydrogen (secondary N) is 1. The molecule has 3 nitrogen and oxygen atoms in total. The van der Waals surface area contributed by atoms with Crippen molar-refractivity contribution < 1.29 is 18.3 Å². The minimum absolute atomic E-state index is 0.216. The van der Waals surface area contributed by atoms with E-state index in [1.54, 1.807) is 18.2 Å². The molecule has 1 aromatic carbocycles. The normalized spacial score (nSPS) is 19.1. The molecular weight excluding hydrogens is 320 g/mol. The third-order valence-corrected chi connectivity index (χ3v) is 3.50. The molecule has 1 N–H and O–H groups in total. The van der Waals surface area contributed by atoms with Gasteiger partial charge in [0.1, 0.15) is 5.75 Å². The molecule has 2 rings (SSSR count). The van der Waals surface area contributed by atoms with Crippen LogP contribution in [0.1, 0.15) is 12.0 Å². The lowest BCUT2D eigenvalue weighted by atomic mass is 10.1. The van der Waals surface area contributed by atoms with Crippen LogP contribution in [0.3, 0.4) is 0 Å². The first-order valence-corrected chi connectivity index (χ1v) is 6.96. The second kappa shape index (κ2) is 7.17. The maximum atomic E-state index is 12.3. The van der Waals surface area contributed by atoms with Crippen LogP contribution in [0.4, 0.5) is 8.78 Å². The summed E-state index contributed by atoms with van der Waals surface area (Å²) in [6.45, 7) is 0.0937. The van der Waals surface area contributed by atoms with Crippen LogP contribution in [0.5, 0.6) is 5.75 Å².